The largest absolute Gasteiger partial charge is 0.397 e. The number of unbranched alkanes of at least 4 members (excludes halogenated alkanes) is 37. The summed E-state index contributed by atoms with van der Waals surface area (Å²) < 4.78 is 47.9. The van der Waals surface area contributed by atoms with E-state index >= 15 is 0 Å². The summed E-state index contributed by atoms with van der Waals surface area (Å²) in [6.07, 6.45) is 51.9. The predicted octanol–water partition coefficient (Wildman–Crippen LogP) is 14.4. The molecule has 7 atom stereocenters. The molecule has 0 saturated carbocycles. The Morgan fingerprint density at radius 2 is 0.931 bits per heavy atom. The standard InChI is InChI=1S/C59H113NO11S/c1-3-5-7-9-11-13-15-17-19-21-22-23-24-25-26-27-28-29-30-31-32-33-35-37-39-41-43-45-47-49-55(63)60-52(51-69-59-57(65)58(71-72(66,67)68)56(64)54(50-61)70-59)53(62)48-46-44-42-40-38-36-34-20-18-16-14-12-10-8-6-4-2/h22-23,25-26,52-54,56-59,61-62,64-65H,3-21,24,27-51H2,1-2H3,(H,60,63)(H,66,67,68)/b23-22-,26-25-. The molecule has 7 unspecified atom stereocenters. The first kappa shape index (κ1) is 68.6. The minimum absolute atomic E-state index is 0.227. The number of carbonyl (C=O) groups excluding carboxylic acids is 1. The maximum absolute atomic E-state index is 13.2. The highest BCUT2D eigenvalue weighted by molar-refractivity contribution is 7.80. The minimum atomic E-state index is -5.08. The summed E-state index contributed by atoms with van der Waals surface area (Å²) in [6, 6.07) is -0.858. The number of hydrogen-bond donors (Lipinski definition) is 6. The third-order valence-electron chi connectivity index (χ3n) is 14.5. The molecule has 1 amide bonds. The number of amides is 1. The second-order valence-corrected chi connectivity index (χ2v) is 22.3. The summed E-state index contributed by atoms with van der Waals surface area (Å²) in [7, 11) is -5.08. The fourth-order valence-corrected chi connectivity index (χ4v) is 10.4. The fraction of sp³-hybridized carbons (Fsp3) is 0.915. The Balaban J connectivity index is 2.28. The zero-order valence-corrected chi connectivity index (χ0v) is 47.1. The van der Waals surface area contributed by atoms with Gasteiger partial charge in [0.15, 0.2) is 6.29 Å². The molecule has 0 aliphatic carbocycles. The normalized spacial score (nSPS) is 19.5. The Morgan fingerprint density at radius 3 is 1.32 bits per heavy atom. The van der Waals surface area contributed by atoms with Crippen molar-refractivity contribution >= 4 is 16.3 Å². The third-order valence-corrected chi connectivity index (χ3v) is 15.0. The van der Waals surface area contributed by atoms with E-state index in [2.05, 4.69) is 47.7 Å². The molecule has 1 saturated heterocycles. The van der Waals surface area contributed by atoms with Crippen molar-refractivity contribution in [2.75, 3.05) is 13.2 Å². The van der Waals surface area contributed by atoms with Gasteiger partial charge in [-0.3, -0.25) is 9.35 Å². The van der Waals surface area contributed by atoms with Gasteiger partial charge in [0.2, 0.25) is 5.91 Å². The molecule has 1 heterocycles. The van der Waals surface area contributed by atoms with Crippen LogP contribution in [0.1, 0.15) is 290 Å². The Morgan fingerprint density at radius 1 is 0.556 bits per heavy atom. The van der Waals surface area contributed by atoms with Crippen LogP contribution in [0.3, 0.4) is 0 Å². The summed E-state index contributed by atoms with van der Waals surface area (Å²) in [5.74, 6) is -0.227. The van der Waals surface area contributed by atoms with Crippen LogP contribution in [0.4, 0.5) is 0 Å². The topological polar surface area (TPSA) is 192 Å². The first-order chi connectivity index (χ1) is 35.0. The molecular weight excluding hydrogens is 931 g/mol. The molecule has 0 bridgehead atoms. The predicted molar refractivity (Wildman–Crippen MR) is 296 cm³/mol. The molecule has 6 N–H and O–H groups in total. The maximum atomic E-state index is 13.2. The fourth-order valence-electron chi connectivity index (χ4n) is 9.85. The molecule has 0 radical (unpaired) electrons. The molecule has 72 heavy (non-hydrogen) atoms. The molecule has 1 rings (SSSR count). The molecule has 12 nitrogen and oxygen atoms in total. The van der Waals surface area contributed by atoms with Crippen LogP contribution in [0.5, 0.6) is 0 Å². The van der Waals surface area contributed by atoms with E-state index < -0.39 is 59.9 Å². The van der Waals surface area contributed by atoms with E-state index in [1.807, 2.05) is 0 Å². The highest BCUT2D eigenvalue weighted by Gasteiger charge is 2.48. The van der Waals surface area contributed by atoms with E-state index in [0.29, 0.717) is 12.8 Å². The lowest BCUT2D eigenvalue weighted by atomic mass is 9.99. The molecule has 0 spiro atoms. The van der Waals surface area contributed by atoms with Crippen molar-refractivity contribution in [3.05, 3.63) is 24.3 Å². The van der Waals surface area contributed by atoms with Gasteiger partial charge in [-0.1, -0.05) is 263 Å². The van der Waals surface area contributed by atoms with Crippen molar-refractivity contribution in [2.45, 2.75) is 333 Å². The van der Waals surface area contributed by atoms with Gasteiger partial charge in [0, 0.05) is 6.42 Å². The van der Waals surface area contributed by atoms with Crippen LogP contribution < -0.4 is 5.32 Å². The van der Waals surface area contributed by atoms with Crippen molar-refractivity contribution in [1.29, 1.82) is 0 Å². The molecule has 0 aromatic carbocycles. The van der Waals surface area contributed by atoms with Gasteiger partial charge >= 0.3 is 10.4 Å². The number of rotatable bonds is 53. The van der Waals surface area contributed by atoms with E-state index in [4.69, 9.17) is 9.47 Å². The Bertz CT molecular complexity index is 1370. The first-order valence-corrected chi connectivity index (χ1v) is 31.6. The highest BCUT2D eigenvalue weighted by Crippen LogP contribution is 2.26. The van der Waals surface area contributed by atoms with Gasteiger partial charge in [-0.15, -0.1) is 0 Å². The summed E-state index contributed by atoms with van der Waals surface area (Å²) in [6.45, 7) is 3.49. The number of allylic oxidation sites excluding steroid dienone is 4. The number of hydrogen-bond acceptors (Lipinski definition) is 10. The summed E-state index contributed by atoms with van der Waals surface area (Å²) in [5.41, 5.74) is 0. The number of ether oxygens (including phenoxy) is 2. The summed E-state index contributed by atoms with van der Waals surface area (Å²) in [5, 5.41) is 45.1. The number of nitrogens with one attached hydrogen (secondary N) is 1. The van der Waals surface area contributed by atoms with E-state index in [-0.39, 0.29) is 12.5 Å². The molecule has 1 aliphatic heterocycles. The van der Waals surface area contributed by atoms with Crippen LogP contribution in [0.25, 0.3) is 0 Å². The summed E-state index contributed by atoms with van der Waals surface area (Å²) >= 11 is 0. The van der Waals surface area contributed by atoms with Gasteiger partial charge in [0.05, 0.1) is 25.4 Å². The van der Waals surface area contributed by atoms with Crippen molar-refractivity contribution in [2.24, 2.45) is 0 Å². The van der Waals surface area contributed by atoms with Gasteiger partial charge in [-0.25, -0.2) is 4.18 Å². The minimum Gasteiger partial charge on any atom is -0.394 e. The lowest BCUT2D eigenvalue weighted by Crippen LogP contribution is -2.61. The second-order valence-electron chi connectivity index (χ2n) is 21.3. The summed E-state index contributed by atoms with van der Waals surface area (Å²) in [4.78, 5) is 13.2. The Kier molecular flexibility index (Phi) is 46.8. The van der Waals surface area contributed by atoms with Crippen LogP contribution >= 0.6 is 0 Å². The van der Waals surface area contributed by atoms with Gasteiger partial charge in [0.1, 0.15) is 24.4 Å². The van der Waals surface area contributed by atoms with Crippen molar-refractivity contribution in [1.82, 2.24) is 5.32 Å². The lowest BCUT2D eigenvalue weighted by Gasteiger charge is -2.41. The van der Waals surface area contributed by atoms with Gasteiger partial charge in [0.25, 0.3) is 0 Å². The molecule has 426 valence electrons. The SMILES string of the molecule is CCCCCCCCCCC/C=C\C/C=C\CCCCCCCCCCCCCCCC(=O)NC(COC1OC(CO)C(O)C(OS(=O)(=O)O)C1O)C(O)CCCCCCCCCCCCCCCCCC. The second kappa shape index (κ2) is 49.2. The zero-order chi connectivity index (χ0) is 52.6. The first-order valence-electron chi connectivity index (χ1n) is 30.2. The molecule has 1 fully saturated rings. The van der Waals surface area contributed by atoms with Gasteiger partial charge in [-0.2, -0.15) is 8.42 Å². The highest BCUT2D eigenvalue weighted by atomic mass is 32.3. The van der Waals surface area contributed by atoms with Crippen LogP contribution in [-0.2, 0) is 28.9 Å². The molecule has 1 aliphatic rings. The van der Waals surface area contributed by atoms with Crippen molar-refractivity contribution in [3.63, 3.8) is 0 Å². The molecule has 0 aromatic rings. The monoisotopic (exact) mass is 1040 g/mol. The maximum Gasteiger partial charge on any atom is 0.397 e. The van der Waals surface area contributed by atoms with Gasteiger partial charge in [-0.05, 0) is 44.9 Å². The lowest BCUT2D eigenvalue weighted by molar-refractivity contribution is -0.298. The number of aliphatic hydroxyl groups is 4. The third kappa shape index (κ3) is 40.8. The molecule has 0 aromatic heterocycles. The van der Waals surface area contributed by atoms with E-state index in [0.717, 1.165) is 57.8 Å². The number of aliphatic hydroxyl groups excluding tert-OH is 4. The van der Waals surface area contributed by atoms with Gasteiger partial charge < -0.3 is 35.2 Å². The van der Waals surface area contributed by atoms with Crippen LogP contribution in [-0.4, -0.2) is 95.4 Å². The van der Waals surface area contributed by atoms with Crippen molar-refractivity contribution < 1.29 is 51.8 Å². The van der Waals surface area contributed by atoms with Crippen LogP contribution in [0.15, 0.2) is 24.3 Å². The van der Waals surface area contributed by atoms with Crippen LogP contribution in [0, 0.1) is 0 Å². The average Bonchev–Trinajstić information content (AvgIpc) is 3.36. The quantitative estimate of drug-likeness (QED) is 0.0193. The Hall–Kier alpha value is -1.42. The van der Waals surface area contributed by atoms with Crippen LogP contribution in [0.2, 0.25) is 0 Å². The van der Waals surface area contributed by atoms with Crippen molar-refractivity contribution in [3.8, 4) is 0 Å². The smallest absolute Gasteiger partial charge is 0.394 e. The zero-order valence-electron chi connectivity index (χ0n) is 46.3. The number of carbonyl (C=O) groups is 1. The molecular formula is C59H113NO11S. The average molecular weight is 1040 g/mol. The molecule has 13 heteroatoms. The van der Waals surface area contributed by atoms with E-state index in [9.17, 15) is 38.2 Å². The van der Waals surface area contributed by atoms with E-state index in [1.54, 1.807) is 0 Å². The van der Waals surface area contributed by atoms with E-state index in [1.165, 1.54) is 205 Å². The Labute approximate surface area is 442 Å².